The fourth-order valence-electron chi connectivity index (χ4n) is 1.59. The molecular weight excluding hydrogens is 270 g/mol. The first-order valence-corrected chi connectivity index (χ1v) is 7.38. The number of amides is 1. The lowest BCUT2D eigenvalue weighted by Crippen LogP contribution is -2.29. The highest BCUT2D eigenvalue weighted by molar-refractivity contribution is 7.98. The van der Waals surface area contributed by atoms with Crippen LogP contribution in [0.2, 0.25) is 0 Å². The van der Waals surface area contributed by atoms with Crippen LogP contribution < -0.4 is 5.32 Å². The summed E-state index contributed by atoms with van der Waals surface area (Å²) in [4.78, 5) is 13.4. The van der Waals surface area contributed by atoms with Gasteiger partial charge in [0.25, 0.3) is 5.91 Å². The molecule has 19 heavy (non-hydrogen) atoms. The van der Waals surface area contributed by atoms with E-state index in [1.807, 2.05) is 6.26 Å². The zero-order valence-electron chi connectivity index (χ0n) is 11.3. The predicted octanol–water partition coefficient (Wildman–Crippen LogP) is 2.83. The summed E-state index contributed by atoms with van der Waals surface area (Å²) < 4.78 is 27.4. The van der Waals surface area contributed by atoms with Crippen LogP contribution in [0.15, 0.2) is 12.1 Å². The van der Waals surface area contributed by atoms with Crippen LogP contribution in [0.1, 0.15) is 17.3 Å². The van der Waals surface area contributed by atoms with Gasteiger partial charge in [0, 0.05) is 31.5 Å². The van der Waals surface area contributed by atoms with E-state index in [-0.39, 0.29) is 17.2 Å². The molecule has 3 nitrogen and oxygen atoms in total. The number of nitrogens with one attached hydrogen (secondary N) is 1. The standard InChI is InChI=1S/C13H18F2N2OS/c1-4-16-12-10(14)7-9(8-11(12)15)13(18)17(2)5-6-19-3/h7-8,16H,4-6H2,1-3H3. The molecule has 1 N–H and O–H groups in total. The Morgan fingerprint density at radius 1 is 1.37 bits per heavy atom. The predicted molar refractivity (Wildman–Crippen MR) is 75.9 cm³/mol. The molecule has 0 saturated carbocycles. The first-order chi connectivity index (χ1) is 9.01. The lowest BCUT2D eigenvalue weighted by molar-refractivity contribution is 0.0803. The number of carbonyl (C=O) groups is 1. The average Bonchev–Trinajstić information content (AvgIpc) is 2.39. The monoisotopic (exact) mass is 288 g/mol. The van der Waals surface area contributed by atoms with E-state index in [2.05, 4.69) is 5.32 Å². The molecule has 0 aliphatic heterocycles. The Kier molecular flexibility index (Phi) is 6.08. The molecule has 0 aromatic heterocycles. The van der Waals surface area contributed by atoms with Crippen LogP contribution in [0.5, 0.6) is 0 Å². The van der Waals surface area contributed by atoms with E-state index in [1.54, 1.807) is 25.7 Å². The molecular formula is C13H18F2N2OS. The van der Waals surface area contributed by atoms with Gasteiger partial charge in [0.15, 0.2) is 0 Å². The minimum Gasteiger partial charge on any atom is -0.381 e. The van der Waals surface area contributed by atoms with Crippen LogP contribution in [0, 0.1) is 11.6 Å². The number of hydrogen-bond donors (Lipinski definition) is 1. The van der Waals surface area contributed by atoms with Gasteiger partial charge in [-0.3, -0.25) is 4.79 Å². The highest BCUT2D eigenvalue weighted by Crippen LogP contribution is 2.21. The molecule has 1 amide bonds. The Labute approximate surface area is 116 Å². The van der Waals surface area contributed by atoms with Gasteiger partial charge in [0.1, 0.15) is 17.3 Å². The molecule has 0 saturated heterocycles. The molecule has 0 aliphatic carbocycles. The summed E-state index contributed by atoms with van der Waals surface area (Å²) in [6.07, 6.45) is 1.93. The summed E-state index contributed by atoms with van der Waals surface area (Å²) in [6, 6.07) is 2.14. The van der Waals surface area contributed by atoms with Crippen LogP contribution in [0.3, 0.4) is 0 Å². The van der Waals surface area contributed by atoms with Gasteiger partial charge in [-0.1, -0.05) is 0 Å². The molecule has 6 heteroatoms. The maximum absolute atomic E-state index is 13.7. The number of rotatable bonds is 6. The Morgan fingerprint density at radius 3 is 2.42 bits per heavy atom. The Hall–Kier alpha value is -1.30. The molecule has 0 fully saturated rings. The van der Waals surface area contributed by atoms with Gasteiger partial charge in [-0.2, -0.15) is 11.8 Å². The van der Waals surface area contributed by atoms with Crippen LogP contribution in [-0.4, -0.2) is 43.0 Å². The van der Waals surface area contributed by atoms with Gasteiger partial charge in [-0.25, -0.2) is 8.78 Å². The smallest absolute Gasteiger partial charge is 0.253 e. The summed E-state index contributed by atoms with van der Waals surface area (Å²) in [7, 11) is 1.62. The Bertz CT molecular complexity index is 431. The molecule has 0 bridgehead atoms. The molecule has 0 radical (unpaired) electrons. The summed E-state index contributed by atoms with van der Waals surface area (Å²) in [5, 5.41) is 2.60. The van der Waals surface area contributed by atoms with Crippen molar-refractivity contribution in [3.8, 4) is 0 Å². The molecule has 1 rings (SSSR count). The highest BCUT2D eigenvalue weighted by atomic mass is 32.2. The minimum absolute atomic E-state index is 0.0280. The second-order valence-electron chi connectivity index (χ2n) is 4.06. The third-order valence-electron chi connectivity index (χ3n) is 2.62. The van der Waals surface area contributed by atoms with E-state index >= 15 is 0 Å². The summed E-state index contributed by atoms with van der Waals surface area (Å²) >= 11 is 1.61. The highest BCUT2D eigenvalue weighted by Gasteiger charge is 2.17. The van der Waals surface area contributed by atoms with E-state index in [9.17, 15) is 13.6 Å². The first-order valence-electron chi connectivity index (χ1n) is 5.98. The van der Waals surface area contributed by atoms with Crippen molar-refractivity contribution in [2.45, 2.75) is 6.92 Å². The van der Waals surface area contributed by atoms with Crippen LogP contribution in [0.4, 0.5) is 14.5 Å². The number of halogens is 2. The molecule has 0 unspecified atom stereocenters. The first kappa shape index (κ1) is 15.8. The average molecular weight is 288 g/mol. The van der Waals surface area contributed by atoms with Gasteiger partial charge in [0.05, 0.1) is 0 Å². The molecule has 0 atom stereocenters. The normalized spacial score (nSPS) is 10.4. The zero-order valence-corrected chi connectivity index (χ0v) is 12.1. The number of anilines is 1. The third kappa shape index (κ3) is 4.09. The van der Waals surface area contributed by atoms with E-state index in [4.69, 9.17) is 0 Å². The van der Waals surface area contributed by atoms with Crippen molar-refractivity contribution < 1.29 is 13.6 Å². The lowest BCUT2D eigenvalue weighted by Gasteiger charge is -2.17. The van der Waals surface area contributed by atoms with Crippen LogP contribution in [0.25, 0.3) is 0 Å². The third-order valence-corrected chi connectivity index (χ3v) is 3.21. The van der Waals surface area contributed by atoms with Crippen molar-refractivity contribution in [2.24, 2.45) is 0 Å². The van der Waals surface area contributed by atoms with Crippen molar-refractivity contribution in [3.63, 3.8) is 0 Å². The fraction of sp³-hybridized carbons (Fsp3) is 0.462. The number of thioether (sulfide) groups is 1. The van der Waals surface area contributed by atoms with Gasteiger partial charge in [-0.05, 0) is 25.3 Å². The maximum atomic E-state index is 13.7. The molecule has 0 aliphatic rings. The van der Waals surface area contributed by atoms with E-state index in [0.717, 1.165) is 17.9 Å². The Morgan fingerprint density at radius 2 is 1.95 bits per heavy atom. The summed E-state index contributed by atoms with van der Waals surface area (Å²) in [5.41, 5.74) is -0.161. The quantitative estimate of drug-likeness (QED) is 0.873. The minimum atomic E-state index is -0.747. The molecule has 1 aromatic rings. The Balaban J connectivity index is 2.93. The second-order valence-corrected chi connectivity index (χ2v) is 5.05. The molecule has 0 heterocycles. The summed E-state index contributed by atoms with van der Waals surface area (Å²) in [6.45, 7) is 2.70. The fourth-order valence-corrected chi connectivity index (χ4v) is 2.05. The molecule has 1 aromatic carbocycles. The van der Waals surface area contributed by atoms with Crippen molar-refractivity contribution in [1.29, 1.82) is 0 Å². The largest absolute Gasteiger partial charge is 0.381 e. The van der Waals surface area contributed by atoms with E-state index in [1.165, 1.54) is 4.90 Å². The SMILES string of the molecule is CCNc1c(F)cc(C(=O)N(C)CCSC)cc1F. The zero-order chi connectivity index (χ0) is 14.4. The topological polar surface area (TPSA) is 32.3 Å². The number of benzene rings is 1. The van der Waals surface area contributed by atoms with Crippen molar-refractivity contribution >= 4 is 23.4 Å². The van der Waals surface area contributed by atoms with Gasteiger partial charge >= 0.3 is 0 Å². The van der Waals surface area contributed by atoms with E-state index in [0.29, 0.717) is 13.1 Å². The van der Waals surface area contributed by atoms with Gasteiger partial charge < -0.3 is 10.2 Å². The van der Waals surface area contributed by atoms with Gasteiger partial charge in [-0.15, -0.1) is 0 Å². The second kappa shape index (κ2) is 7.33. The van der Waals surface area contributed by atoms with Crippen molar-refractivity contribution in [1.82, 2.24) is 4.90 Å². The summed E-state index contributed by atoms with van der Waals surface area (Å²) in [5.74, 6) is -1.09. The number of nitrogens with zero attached hydrogens (tertiary/aromatic N) is 1. The van der Waals surface area contributed by atoms with Crippen molar-refractivity contribution in [2.75, 3.05) is 37.5 Å². The van der Waals surface area contributed by atoms with Crippen LogP contribution in [-0.2, 0) is 0 Å². The van der Waals surface area contributed by atoms with E-state index < -0.39 is 11.6 Å². The molecule has 106 valence electrons. The molecule has 0 spiro atoms. The maximum Gasteiger partial charge on any atom is 0.253 e. The van der Waals surface area contributed by atoms with Gasteiger partial charge in [0.2, 0.25) is 0 Å². The number of carbonyl (C=O) groups excluding carboxylic acids is 1. The number of hydrogen-bond acceptors (Lipinski definition) is 3. The van der Waals surface area contributed by atoms with Crippen molar-refractivity contribution in [3.05, 3.63) is 29.3 Å². The lowest BCUT2D eigenvalue weighted by atomic mass is 10.1. The van der Waals surface area contributed by atoms with Crippen LogP contribution >= 0.6 is 11.8 Å².